The molecule has 0 heterocycles. The second kappa shape index (κ2) is 13.8. The molecule has 0 saturated heterocycles. The van der Waals surface area contributed by atoms with Crippen molar-refractivity contribution in [3.8, 4) is 0 Å². The highest BCUT2D eigenvalue weighted by Gasteiger charge is 2.31. The SMILES string of the molecule is CC(C)C(C)(C)CO.CC(C)CC(C)(C)O.CC(C)CC(O)CC(F)(F)F. The van der Waals surface area contributed by atoms with Gasteiger partial charge in [-0.3, -0.25) is 0 Å². The maximum atomic E-state index is 11.6. The number of halogens is 3. The normalized spacial score (nSPS) is 13.9. The van der Waals surface area contributed by atoms with Crippen LogP contribution in [0.25, 0.3) is 0 Å². The minimum absolute atomic E-state index is 0.0972. The highest BCUT2D eigenvalue weighted by Crippen LogP contribution is 2.24. The van der Waals surface area contributed by atoms with E-state index >= 15 is 0 Å². The number of hydrogen-bond donors (Lipinski definition) is 3. The fraction of sp³-hybridized carbons (Fsp3) is 1.00. The van der Waals surface area contributed by atoms with Gasteiger partial charge in [0.15, 0.2) is 0 Å². The Balaban J connectivity index is -0.000000327. The van der Waals surface area contributed by atoms with E-state index in [1.165, 1.54) is 0 Å². The van der Waals surface area contributed by atoms with Gasteiger partial charge in [0.25, 0.3) is 0 Å². The average Bonchev–Trinajstić information content (AvgIpc) is 2.33. The summed E-state index contributed by atoms with van der Waals surface area (Å²) in [6, 6.07) is 0. The van der Waals surface area contributed by atoms with Gasteiger partial charge in [-0.25, -0.2) is 0 Å². The summed E-state index contributed by atoms with van der Waals surface area (Å²) in [5.74, 6) is 1.26. The van der Waals surface area contributed by atoms with Gasteiger partial charge >= 0.3 is 6.18 Å². The summed E-state index contributed by atoms with van der Waals surface area (Å²) in [7, 11) is 0. The molecule has 1 unspecified atom stereocenters. The molecule has 3 N–H and O–H groups in total. The molecule has 0 bridgehead atoms. The predicted octanol–water partition coefficient (Wildman–Crippen LogP) is 5.81. The first-order valence-corrected chi connectivity index (χ1v) is 9.81. The van der Waals surface area contributed by atoms with E-state index in [1.54, 1.807) is 13.8 Å². The molecule has 0 saturated carbocycles. The van der Waals surface area contributed by atoms with Crippen molar-refractivity contribution in [1.29, 1.82) is 0 Å². The molecular weight excluding hydrogens is 357 g/mol. The summed E-state index contributed by atoms with van der Waals surface area (Å²) in [4.78, 5) is 0. The van der Waals surface area contributed by atoms with Gasteiger partial charge in [0.2, 0.25) is 0 Å². The standard InChI is InChI=1S/C7H13F3O.2C7H16O/c1-5(2)3-6(11)4-7(8,9)10;1-6(2)7(3,4)5-8;1-6(2)5-7(3,4)8/h5-6,11H,3-4H2,1-2H3;2*6,8H,5H2,1-4H3. The fourth-order valence-corrected chi connectivity index (χ4v) is 2.08. The Kier molecular flexibility index (Phi) is 16.0. The van der Waals surface area contributed by atoms with Crippen LogP contribution in [0.4, 0.5) is 13.2 Å². The van der Waals surface area contributed by atoms with E-state index in [0.29, 0.717) is 11.8 Å². The van der Waals surface area contributed by atoms with Crippen molar-refractivity contribution in [2.24, 2.45) is 23.2 Å². The summed E-state index contributed by atoms with van der Waals surface area (Å²) >= 11 is 0. The molecule has 0 aliphatic carbocycles. The van der Waals surface area contributed by atoms with E-state index in [9.17, 15) is 18.3 Å². The van der Waals surface area contributed by atoms with Gasteiger partial charge in [-0.15, -0.1) is 0 Å². The molecular formula is C21H45F3O3. The van der Waals surface area contributed by atoms with Crippen LogP contribution in [-0.2, 0) is 0 Å². The zero-order chi connectivity index (χ0) is 22.6. The second-order valence-electron chi connectivity index (χ2n) is 9.81. The van der Waals surface area contributed by atoms with E-state index < -0.39 is 24.3 Å². The van der Waals surface area contributed by atoms with Crippen molar-refractivity contribution >= 4 is 0 Å². The molecule has 27 heavy (non-hydrogen) atoms. The topological polar surface area (TPSA) is 60.7 Å². The van der Waals surface area contributed by atoms with Crippen molar-refractivity contribution in [3.63, 3.8) is 0 Å². The Hall–Kier alpha value is -0.330. The molecule has 0 rings (SSSR count). The van der Waals surface area contributed by atoms with Crippen LogP contribution in [0, 0.1) is 23.2 Å². The summed E-state index contributed by atoms with van der Waals surface area (Å²) in [6.07, 6.45) is -5.48. The minimum Gasteiger partial charge on any atom is -0.396 e. The van der Waals surface area contributed by atoms with Gasteiger partial charge in [-0.05, 0) is 49.9 Å². The van der Waals surface area contributed by atoms with E-state index in [2.05, 4.69) is 41.5 Å². The van der Waals surface area contributed by atoms with Gasteiger partial charge in [0, 0.05) is 6.61 Å². The number of hydrogen-bond acceptors (Lipinski definition) is 3. The van der Waals surface area contributed by atoms with Gasteiger partial charge in [-0.2, -0.15) is 13.2 Å². The zero-order valence-electron chi connectivity index (χ0n) is 19.1. The number of aliphatic hydroxyl groups is 3. The van der Waals surface area contributed by atoms with Crippen LogP contribution in [0.3, 0.4) is 0 Å². The highest BCUT2D eigenvalue weighted by atomic mass is 19.4. The minimum atomic E-state index is -4.24. The number of alkyl halides is 3. The van der Waals surface area contributed by atoms with Gasteiger partial charge in [0.1, 0.15) is 0 Å². The molecule has 0 spiro atoms. The van der Waals surface area contributed by atoms with Crippen LogP contribution in [0.2, 0.25) is 0 Å². The molecule has 0 aliphatic rings. The van der Waals surface area contributed by atoms with Crippen LogP contribution in [0.1, 0.15) is 88.5 Å². The quantitative estimate of drug-likeness (QED) is 0.503. The lowest BCUT2D eigenvalue weighted by atomic mass is 9.82. The molecule has 1 atom stereocenters. The lowest BCUT2D eigenvalue weighted by Crippen LogP contribution is -2.23. The van der Waals surface area contributed by atoms with E-state index in [-0.39, 0.29) is 24.4 Å². The van der Waals surface area contributed by atoms with Crippen molar-refractivity contribution in [3.05, 3.63) is 0 Å². The molecule has 0 aromatic rings. The Bertz CT molecular complexity index is 344. The maximum absolute atomic E-state index is 11.6. The van der Waals surface area contributed by atoms with Crippen LogP contribution in [0.5, 0.6) is 0 Å². The summed E-state index contributed by atoms with van der Waals surface area (Å²) in [5.41, 5.74) is -0.381. The smallest absolute Gasteiger partial charge is 0.391 e. The monoisotopic (exact) mass is 402 g/mol. The van der Waals surface area contributed by atoms with Crippen molar-refractivity contribution in [2.45, 2.75) is 106 Å². The van der Waals surface area contributed by atoms with Crippen molar-refractivity contribution in [2.75, 3.05) is 6.61 Å². The van der Waals surface area contributed by atoms with E-state index in [4.69, 9.17) is 10.2 Å². The number of aliphatic hydroxyl groups excluding tert-OH is 2. The van der Waals surface area contributed by atoms with Crippen LogP contribution in [0.15, 0.2) is 0 Å². The molecule has 0 fully saturated rings. The summed E-state index contributed by atoms with van der Waals surface area (Å²) in [6.45, 7) is 20.1. The summed E-state index contributed by atoms with van der Waals surface area (Å²) in [5, 5.41) is 26.8. The Labute approximate surface area is 165 Å². The average molecular weight is 403 g/mol. The van der Waals surface area contributed by atoms with Crippen LogP contribution >= 0.6 is 0 Å². The highest BCUT2D eigenvalue weighted by molar-refractivity contribution is 4.69. The van der Waals surface area contributed by atoms with E-state index in [1.807, 2.05) is 13.8 Å². The predicted molar refractivity (Wildman–Crippen MR) is 108 cm³/mol. The second-order valence-corrected chi connectivity index (χ2v) is 9.81. The molecule has 6 heteroatoms. The molecule has 0 amide bonds. The van der Waals surface area contributed by atoms with Gasteiger partial charge < -0.3 is 15.3 Å². The van der Waals surface area contributed by atoms with Gasteiger partial charge in [0.05, 0.1) is 18.1 Å². The Morgan fingerprint density at radius 2 is 1.19 bits per heavy atom. The maximum Gasteiger partial charge on any atom is 0.391 e. The van der Waals surface area contributed by atoms with Gasteiger partial charge in [-0.1, -0.05) is 55.4 Å². The Morgan fingerprint density at radius 1 is 0.778 bits per heavy atom. The third kappa shape index (κ3) is 28.0. The van der Waals surface area contributed by atoms with Crippen LogP contribution in [-0.4, -0.2) is 39.8 Å². The molecule has 0 radical (unpaired) electrons. The largest absolute Gasteiger partial charge is 0.396 e. The Morgan fingerprint density at radius 3 is 1.30 bits per heavy atom. The van der Waals surface area contributed by atoms with Crippen molar-refractivity contribution in [1.82, 2.24) is 0 Å². The first-order valence-electron chi connectivity index (χ1n) is 9.81. The lowest BCUT2D eigenvalue weighted by Gasteiger charge is -2.25. The van der Waals surface area contributed by atoms with E-state index in [0.717, 1.165) is 6.42 Å². The molecule has 0 aromatic heterocycles. The summed E-state index contributed by atoms with van der Waals surface area (Å²) < 4.78 is 34.8. The van der Waals surface area contributed by atoms with Crippen molar-refractivity contribution < 1.29 is 28.5 Å². The third-order valence-electron chi connectivity index (χ3n) is 4.09. The molecule has 0 aliphatic heterocycles. The first-order chi connectivity index (χ1) is 11.7. The lowest BCUT2D eigenvalue weighted by molar-refractivity contribution is -0.154. The number of rotatable bonds is 7. The zero-order valence-corrected chi connectivity index (χ0v) is 19.1. The fourth-order valence-electron chi connectivity index (χ4n) is 2.08. The first kappa shape index (κ1) is 31.4. The third-order valence-corrected chi connectivity index (χ3v) is 4.09. The molecule has 168 valence electrons. The molecule has 0 aromatic carbocycles. The molecule has 3 nitrogen and oxygen atoms in total. The van der Waals surface area contributed by atoms with Crippen LogP contribution < -0.4 is 0 Å².